The summed E-state index contributed by atoms with van der Waals surface area (Å²) in [6.07, 6.45) is 3.74. The van der Waals surface area contributed by atoms with Crippen LogP contribution in [0.25, 0.3) is 0 Å². The van der Waals surface area contributed by atoms with Crippen molar-refractivity contribution in [2.24, 2.45) is 5.73 Å². The summed E-state index contributed by atoms with van der Waals surface area (Å²) in [4.78, 5) is 2.53. The Morgan fingerprint density at radius 2 is 1.88 bits per heavy atom. The highest BCUT2D eigenvalue weighted by molar-refractivity contribution is 4.95. The van der Waals surface area contributed by atoms with Gasteiger partial charge >= 0.3 is 0 Å². The predicted octanol–water partition coefficient (Wildman–Crippen LogP) is 2.64. The molecule has 0 aliphatic carbocycles. The lowest BCUT2D eigenvalue weighted by Gasteiger charge is -2.47. The van der Waals surface area contributed by atoms with Crippen LogP contribution < -0.4 is 5.73 Å². The van der Waals surface area contributed by atoms with Crippen molar-refractivity contribution >= 4 is 0 Å². The summed E-state index contributed by atoms with van der Waals surface area (Å²) in [5.74, 6) is 0. The average Bonchev–Trinajstić information content (AvgIpc) is 2.36. The molecule has 0 rings (SSSR count). The van der Waals surface area contributed by atoms with Gasteiger partial charge in [0.05, 0.1) is 11.6 Å². The van der Waals surface area contributed by atoms with Gasteiger partial charge in [-0.1, -0.05) is 20.3 Å². The fraction of sp³-hybridized carbons (Fsp3) is 1.00. The van der Waals surface area contributed by atoms with Crippen molar-refractivity contribution in [1.29, 1.82) is 0 Å². The summed E-state index contributed by atoms with van der Waals surface area (Å²) in [5.41, 5.74) is 5.96. The van der Waals surface area contributed by atoms with E-state index in [1.54, 1.807) is 7.11 Å². The van der Waals surface area contributed by atoms with Gasteiger partial charge < -0.3 is 10.5 Å². The number of rotatable bonds is 9. The van der Waals surface area contributed by atoms with Gasteiger partial charge in [-0.3, -0.25) is 4.90 Å². The second-order valence-electron chi connectivity index (χ2n) is 5.24. The number of ether oxygens (including phenoxy) is 1. The Labute approximate surface area is 108 Å². The van der Waals surface area contributed by atoms with E-state index < -0.39 is 0 Å². The molecular weight excluding hydrogens is 212 g/mol. The Morgan fingerprint density at radius 1 is 1.29 bits per heavy atom. The molecule has 0 saturated heterocycles. The summed E-state index contributed by atoms with van der Waals surface area (Å²) in [6, 6.07) is 0.549. The lowest BCUT2D eigenvalue weighted by molar-refractivity contribution is -0.0492. The lowest BCUT2D eigenvalue weighted by Crippen LogP contribution is -2.61. The molecule has 3 unspecified atom stereocenters. The van der Waals surface area contributed by atoms with E-state index in [0.717, 1.165) is 13.0 Å². The molecule has 17 heavy (non-hydrogen) atoms. The first-order valence-corrected chi connectivity index (χ1v) is 6.97. The SMILES string of the molecule is CCCCN(C(C)CC)C(C)(CN)C(C)OC. The van der Waals surface area contributed by atoms with Crippen molar-refractivity contribution in [3.63, 3.8) is 0 Å². The Balaban J connectivity index is 4.94. The molecule has 0 saturated carbocycles. The molecule has 0 aliphatic heterocycles. The minimum atomic E-state index is -0.0701. The zero-order valence-corrected chi connectivity index (χ0v) is 12.6. The van der Waals surface area contributed by atoms with Crippen molar-refractivity contribution in [1.82, 2.24) is 4.90 Å². The third-order valence-electron chi connectivity index (χ3n) is 4.17. The van der Waals surface area contributed by atoms with Gasteiger partial charge in [0.15, 0.2) is 0 Å². The minimum Gasteiger partial charge on any atom is -0.380 e. The molecule has 0 spiro atoms. The van der Waals surface area contributed by atoms with Crippen LogP contribution in [-0.2, 0) is 4.74 Å². The van der Waals surface area contributed by atoms with Crippen molar-refractivity contribution < 1.29 is 4.74 Å². The third kappa shape index (κ3) is 4.23. The highest BCUT2D eigenvalue weighted by Gasteiger charge is 2.38. The molecule has 3 nitrogen and oxygen atoms in total. The minimum absolute atomic E-state index is 0.0701. The normalized spacial score (nSPS) is 19.1. The van der Waals surface area contributed by atoms with E-state index in [2.05, 4.69) is 39.5 Å². The zero-order valence-electron chi connectivity index (χ0n) is 12.6. The molecule has 0 aliphatic rings. The van der Waals surface area contributed by atoms with E-state index in [-0.39, 0.29) is 11.6 Å². The van der Waals surface area contributed by atoms with Crippen LogP contribution in [0.1, 0.15) is 53.9 Å². The van der Waals surface area contributed by atoms with Gasteiger partial charge in [0.25, 0.3) is 0 Å². The van der Waals surface area contributed by atoms with E-state index in [1.807, 2.05) is 0 Å². The van der Waals surface area contributed by atoms with E-state index in [0.29, 0.717) is 12.6 Å². The van der Waals surface area contributed by atoms with Crippen molar-refractivity contribution in [2.45, 2.75) is 71.6 Å². The monoisotopic (exact) mass is 244 g/mol. The Morgan fingerprint density at radius 3 is 2.24 bits per heavy atom. The van der Waals surface area contributed by atoms with Gasteiger partial charge in [-0.05, 0) is 40.2 Å². The predicted molar refractivity (Wildman–Crippen MR) is 75.3 cm³/mol. The van der Waals surface area contributed by atoms with E-state index in [9.17, 15) is 0 Å². The van der Waals surface area contributed by atoms with Crippen molar-refractivity contribution in [3.05, 3.63) is 0 Å². The second-order valence-corrected chi connectivity index (χ2v) is 5.24. The fourth-order valence-electron chi connectivity index (χ4n) is 2.30. The van der Waals surface area contributed by atoms with E-state index >= 15 is 0 Å². The van der Waals surface area contributed by atoms with Gasteiger partial charge in [0, 0.05) is 19.7 Å². The van der Waals surface area contributed by atoms with Gasteiger partial charge in [-0.15, -0.1) is 0 Å². The van der Waals surface area contributed by atoms with Crippen LogP contribution >= 0.6 is 0 Å². The molecule has 0 radical (unpaired) electrons. The van der Waals surface area contributed by atoms with Crippen LogP contribution in [0, 0.1) is 0 Å². The van der Waals surface area contributed by atoms with Crippen LogP contribution in [0.4, 0.5) is 0 Å². The zero-order chi connectivity index (χ0) is 13.5. The molecule has 0 aromatic carbocycles. The first-order chi connectivity index (χ1) is 7.97. The standard InChI is InChI=1S/C14H32N2O/c1-7-9-10-16(12(3)8-2)14(5,11-15)13(4)17-6/h12-13H,7-11,15H2,1-6H3. The molecule has 3 heteroatoms. The molecule has 0 aromatic rings. The number of hydrogen-bond acceptors (Lipinski definition) is 3. The topological polar surface area (TPSA) is 38.5 Å². The maximum absolute atomic E-state index is 6.03. The van der Waals surface area contributed by atoms with Gasteiger partial charge in [-0.2, -0.15) is 0 Å². The highest BCUT2D eigenvalue weighted by Crippen LogP contribution is 2.25. The summed E-state index contributed by atoms with van der Waals surface area (Å²) >= 11 is 0. The number of methoxy groups -OCH3 is 1. The molecule has 0 fully saturated rings. The summed E-state index contributed by atoms with van der Waals surface area (Å²) < 4.78 is 5.54. The van der Waals surface area contributed by atoms with Gasteiger partial charge in [0.2, 0.25) is 0 Å². The van der Waals surface area contributed by atoms with Crippen LogP contribution in [0.5, 0.6) is 0 Å². The number of unbranched alkanes of at least 4 members (excludes halogenated alkanes) is 1. The molecule has 104 valence electrons. The summed E-state index contributed by atoms with van der Waals surface area (Å²) in [5, 5.41) is 0. The molecule has 2 N–H and O–H groups in total. The largest absolute Gasteiger partial charge is 0.380 e. The second kappa shape index (κ2) is 8.06. The number of nitrogens with two attached hydrogens (primary N) is 1. The molecule has 0 aromatic heterocycles. The summed E-state index contributed by atoms with van der Waals surface area (Å²) in [7, 11) is 1.77. The van der Waals surface area contributed by atoms with E-state index in [4.69, 9.17) is 10.5 Å². The number of nitrogens with zero attached hydrogens (tertiary/aromatic N) is 1. The summed E-state index contributed by atoms with van der Waals surface area (Å²) in [6.45, 7) is 12.8. The maximum atomic E-state index is 6.03. The fourth-order valence-corrected chi connectivity index (χ4v) is 2.30. The van der Waals surface area contributed by atoms with Crippen molar-refractivity contribution in [3.8, 4) is 0 Å². The van der Waals surface area contributed by atoms with Crippen LogP contribution in [0.3, 0.4) is 0 Å². The molecular formula is C14H32N2O. The molecule has 0 bridgehead atoms. The van der Waals surface area contributed by atoms with Gasteiger partial charge in [0.1, 0.15) is 0 Å². The number of hydrogen-bond donors (Lipinski definition) is 1. The van der Waals surface area contributed by atoms with Crippen LogP contribution in [0.2, 0.25) is 0 Å². The Kier molecular flexibility index (Phi) is 8.01. The first kappa shape index (κ1) is 16.9. The van der Waals surface area contributed by atoms with Gasteiger partial charge in [-0.25, -0.2) is 0 Å². The molecule has 0 amide bonds. The Bertz CT molecular complexity index is 199. The maximum Gasteiger partial charge on any atom is 0.0736 e. The van der Waals surface area contributed by atoms with Crippen LogP contribution in [0.15, 0.2) is 0 Å². The van der Waals surface area contributed by atoms with Crippen molar-refractivity contribution in [2.75, 3.05) is 20.2 Å². The molecule has 3 atom stereocenters. The average molecular weight is 244 g/mol. The highest BCUT2D eigenvalue weighted by atomic mass is 16.5. The Hall–Kier alpha value is -0.120. The van der Waals surface area contributed by atoms with E-state index in [1.165, 1.54) is 12.8 Å². The smallest absolute Gasteiger partial charge is 0.0736 e. The molecule has 0 heterocycles. The quantitative estimate of drug-likeness (QED) is 0.677. The van der Waals surface area contributed by atoms with Crippen LogP contribution in [-0.4, -0.2) is 42.8 Å². The third-order valence-corrected chi connectivity index (χ3v) is 4.17. The lowest BCUT2D eigenvalue weighted by atomic mass is 9.90. The first-order valence-electron chi connectivity index (χ1n) is 6.97.